The summed E-state index contributed by atoms with van der Waals surface area (Å²) in [6.07, 6.45) is 2.19. The normalized spacial score (nSPS) is 13.0. The van der Waals surface area contributed by atoms with Crippen LogP contribution in [0.1, 0.15) is 30.5 Å². The van der Waals surface area contributed by atoms with Gasteiger partial charge in [0.25, 0.3) is 0 Å². The Morgan fingerprint density at radius 3 is 2.24 bits per heavy atom. The summed E-state index contributed by atoms with van der Waals surface area (Å²) >= 11 is 0. The Kier molecular flexibility index (Phi) is 6.48. The van der Waals surface area contributed by atoms with Gasteiger partial charge in [-0.05, 0) is 43.1 Å². The minimum Gasteiger partial charge on any atom is -0.493 e. The number of methoxy groups -OCH3 is 2. The van der Waals surface area contributed by atoms with Gasteiger partial charge in [0.2, 0.25) is 0 Å². The molecule has 0 aliphatic rings. The minimum atomic E-state index is -3.09. The lowest BCUT2D eigenvalue weighted by Crippen LogP contribution is -2.29. The molecular formula is C15H25NO4S. The fraction of sp³-hybridized carbons (Fsp3) is 0.600. The lowest BCUT2D eigenvalue weighted by Gasteiger charge is -2.22. The van der Waals surface area contributed by atoms with E-state index < -0.39 is 9.84 Å². The van der Waals surface area contributed by atoms with Crippen LogP contribution in [0.4, 0.5) is 0 Å². The van der Waals surface area contributed by atoms with E-state index in [0.717, 1.165) is 24.1 Å². The molecular weight excluding hydrogens is 290 g/mol. The fourth-order valence-corrected chi connectivity index (χ4v) is 3.15. The first-order chi connectivity index (χ1) is 9.82. The summed E-state index contributed by atoms with van der Waals surface area (Å²) in [7, 11) is 0.0666. The van der Waals surface area contributed by atoms with E-state index in [1.807, 2.05) is 26.0 Å². The highest BCUT2D eigenvalue weighted by atomic mass is 32.2. The van der Waals surface area contributed by atoms with Crippen LogP contribution >= 0.6 is 0 Å². The van der Waals surface area contributed by atoms with Gasteiger partial charge in [-0.15, -0.1) is 0 Å². The molecule has 0 fully saturated rings. The molecule has 5 nitrogen and oxygen atoms in total. The molecule has 0 saturated heterocycles. The Hall–Kier alpha value is -1.27. The second-order valence-electron chi connectivity index (χ2n) is 5.16. The Bertz CT molecular complexity index is 569. The summed E-state index contributed by atoms with van der Waals surface area (Å²) in [5.74, 6) is 1.31. The van der Waals surface area contributed by atoms with Gasteiger partial charge in [-0.1, -0.05) is 6.92 Å². The molecule has 1 aromatic rings. The molecule has 0 radical (unpaired) electrons. The number of hydrogen-bond acceptors (Lipinski definition) is 5. The van der Waals surface area contributed by atoms with E-state index in [1.54, 1.807) is 14.2 Å². The van der Waals surface area contributed by atoms with Crippen LogP contribution < -0.4 is 14.8 Å². The van der Waals surface area contributed by atoms with E-state index in [1.165, 1.54) is 6.26 Å². The summed E-state index contributed by atoms with van der Waals surface area (Å²) in [5, 5.41) is 3.30. The van der Waals surface area contributed by atoms with Crippen molar-refractivity contribution in [2.24, 2.45) is 0 Å². The Morgan fingerprint density at radius 1 is 1.19 bits per heavy atom. The van der Waals surface area contributed by atoms with Gasteiger partial charge in [0, 0.05) is 12.3 Å². The lowest BCUT2D eigenvalue weighted by atomic mass is 10.0. The van der Waals surface area contributed by atoms with Gasteiger partial charge in [-0.25, -0.2) is 8.42 Å². The van der Waals surface area contributed by atoms with Crippen molar-refractivity contribution >= 4 is 9.84 Å². The predicted molar refractivity (Wildman–Crippen MR) is 85.0 cm³/mol. The highest BCUT2D eigenvalue weighted by molar-refractivity contribution is 7.90. The molecule has 0 heterocycles. The highest BCUT2D eigenvalue weighted by Gasteiger charge is 2.20. The largest absolute Gasteiger partial charge is 0.493 e. The average Bonchev–Trinajstić information content (AvgIpc) is 2.42. The van der Waals surface area contributed by atoms with Crippen LogP contribution in [0.3, 0.4) is 0 Å². The molecule has 0 amide bonds. The molecule has 0 bridgehead atoms. The van der Waals surface area contributed by atoms with Gasteiger partial charge >= 0.3 is 0 Å². The number of ether oxygens (including phenoxy) is 2. The molecule has 6 heteroatoms. The molecule has 21 heavy (non-hydrogen) atoms. The van der Waals surface area contributed by atoms with Crippen molar-refractivity contribution in [2.75, 3.05) is 32.8 Å². The zero-order valence-electron chi connectivity index (χ0n) is 13.4. The summed E-state index contributed by atoms with van der Waals surface area (Å²) in [6, 6.07) is 3.48. The van der Waals surface area contributed by atoms with Crippen LogP contribution in [0.25, 0.3) is 0 Å². The van der Waals surface area contributed by atoms with Crippen LogP contribution in [0.5, 0.6) is 11.5 Å². The van der Waals surface area contributed by atoms with Gasteiger partial charge in [0.1, 0.15) is 9.84 Å². The number of rotatable bonds is 8. The van der Waals surface area contributed by atoms with E-state index in [0.29, 0.717) is 11.5 Å². The smallest absolute Gasteiger partial charge is 0.161 e. The monoisotopic (exact) mass is 315 g/mol. The first kappa shape index (κ1) is 17.8. The molecule has 0 spiro atoms. The van der Waals surface area contributed by atoms with Crippen LogP contribution in [0, 0.1) is 6.92 Å². The van der Waals surface area contributed by atoms with Gasteiger partial charge in [0.15, 0.2) is 11.5 Å². The third-order valence-corrected chi connectivity index (χ3v) is 4.20. The maximum absolute atomic E-state index is 11.7. The lowest BCUT2D eigenvalue weighted by molar-refractivity contribution is 0.353. The summed E-state index contributed by atoms with van der Waals surface area (Å²) in [5.41, 5.74) is 1.90. The van der Waals surface area contributed by atoms with Crippen LogP contribution in [-0.4, -0.2) is 41.2 Å². The SMILES string of the molecule is CCCNC(CS(C)(=O)=O)c1cc(OC)c(OC)cc1C. The van der Waals surface area contributed by atoms with Crippen molar-refractivity contribution in [2.45, 2.75) is 26.3 Å². The highest BCUT2D eigenvalue weighted by Crippen LogP contribution is 2.33. The van der Waals surface area contributed by atoms with E-state index in [4.69, 9.17) is 9.47 Å². The van der Waals surface area contributed by atoms with E-state index >= 15 is 0 Å². The van der Waals surface area contributed by atoms with Crippen LogP contribution in [0.2, 0.25) is 0 Å². The maximum Gasteiger partial charge on any atom is 0.161 e. The molecule has 1 N–H and O–H groups in total. The predicted octanol–water partition coefficient (Wildman–Crippen LogP) is 2.10. The van der Waals surface area contributed by atoms with E-state index in [-0.39, 0.29) is 11.8 Å². The van der Waals surface area contributed by atoms with Crippen molar-refractivity contribution in [1.29, 1.82) is 0 Å². The first-order valence-corrected chi connectivity index (χ1v) is 9.02. The van der Waals surface area contributed by atoms with Crippen molar-refractivity contribution in [3.8, 4) is 11.5 Å². The number of hydrogen-bond donors (Lipinski definition) is 1. The molecule has 0 aromatic heterocycles. The number of benzene rings is 1. The molecule has 0 aliphatic heterocycles. The zero-order chi connectivity index (χ0) is 16.0. The summed E-state index contributed by atoms with van der Waals surface area (Å²) in [6.45, 7) is 4.75. The quantitative estimate of drug-likeness (QED) is 0.796. The van der Waals surface area contributed by atoms with Gasteiger partial charge in [0.05, 0.1) is 20.0 Å². The Balaban J connectivity index is 3.22. The van der Waals surface area contributed by atoms with E-state index in [2.05, 4.69) is 5.32 Å². The minimum absolute atomic E-state index is 0.0589. The second kappa shape index (κ2) is 7.66. The number of sulfone groups is 1. The van der Waals surface area contributed by atoms with Crippen molar-refractivity contribution in [3.63, 3.8) is 0 Å². The molecule has 1 aromatic carbocycles. The third kappa shape index (κ3) is 5.21. The molecule has 0 aliphatic carbocycles. The van der Waals surface area contributed by atoms with Crippen LogP contribution in [0.15, 0.2) is 12.1 Å². The Morgan fingerprint density at radius 2 is 1.76 bits per heavy atom. The third-order valence-electron chi connectivity index (χ3n) is 3.26. The van der Waals surface area contributed by atoms with E-state index in [9.17, 15) is 8.42 Å². The molecule has 120 valence electrons. The van der Waals surface area contributed by atoms with Gasteiger partial charge in [-0.2, -0.15) is 0 Å². The standard InChI is InChI=1S/C15H25NO4S/c1-6-7-16-13(10-21(5,17)18)12-9-15(20-4)14(19-3)8-11(12)2/h8-9,13,16H,6-7,10H2,1-5H3. The fourth-order valence-electron chi connectivity index (χ4n) is 2.25. The number of aryl methyl sites for hydroxylation is 1. The van der Waals surface area contributed by atoms with Crippen LogP contribution in [-0.2, 0) is 9.84 Å². The van der Waals surface area contributed by atoms with Crippen molar-refractivity contribution in [3.05, 3.63) is 23.3 Å². The number of nitrogens with one attached hydrogen (secondary N) is 1. The summed E-state index contributed by atoms with van der Waals surface area (Å²) < 4.78 is 33.9. The van der Waals surface area contributed by atoms with Crippen molar-refractivity contribution < 1.29 is 17.9 Å². The van der Waals surface area contributed by atoms with Gasteiger partial charge < -0.3 is 14.8 Å². The topological polar surface area (TPSA) is 64.6 Å². The zero-order valence-corrected chi connectivity index (χ0v) is 14.2. The second-order valence-corrected chi connectivity index (χ2v) is 7.35. The maximum atomic E-state index is 11.7. The first-order valence-electron chi connectivity index (χ1n) is 6.96. The Labute approximate surface area is 127 Å². The van der Waals surface area contributed by atoms with Crippen molar-refractivity contribution in [1.82, 2.24) is 5.32 Å². The van der Waals surface area contributed by atoms with Gasteiger partial charge in [-0.3, -0.25) is 0 Å². The molecule has 1 rings (SSSR count). The molecule has 1 unspecified atom stereocenters. The molecule has 1 atom stereocenters. The molecule has 0 saturated carbocycles. The summed E-state index contributed by atoms with van der Waals surface area (Å²) in [4.78, 5) is 0. The average molecular weight is 315 g/mol.